The standard InChI is InChI=1S/C11H14ClN3OS/c12-8-1-2-9(11(13)14)10(7-8)15-3-5-17(16)6-4-15/h1-2,7H,3-6H2,(H3,13,14). The molecule has 0 aromatic heterocycles. The summed E-state index contributed by atoms with van der Waals surface area (Å²) in [5, 5.41) is 8.17. The van der Waals surface area contributed by atoms with Crippen LogP contribution in [0.4, 0.5) is 5.69 Å². The van der Waals surface area contributed by atoms with E-state index in [0.717, 1.165) is 5.69 Å². The maximum absolute atomic E-state index is 11.3. The highest BCUT2D eigenvalue weighted by Gasteiger charge is 2.19. The van der Waals surface area contributed by atoms with Crippen molar-refractivity contribution in [3.8, 4) is 0 Å². The van der Waals surface area contributed by atoms with E-state index < -0.39 is 10.8 Å². The van der Waals surface area contributed by atoms with Gasteiger partial charge in [-0.1, -0.05) is 11.6 Å². The number of rotatable bonds is 2. The highest BCUT2D eigenvalue weighted by Crippen LogP contribution is 2.25. The van der Waals surface area contributed by atoms with Gasteiger partial charge in [0.15, 0.2) is 0 Å². The molecule has 0 unspecified atom stereocenters. The average Bonchev–Trinajstić information content (AvgIpc) is 2.29. The number of hydrogen-bond donors (Lipinski definition) is 2. The molecular weight excluding hydrogens is 258 g/mol. The largest absolute Gasteiger partial charge is 0.384 e. The Labute approximate surface area is 108 Å². The molecule has 0 atom stereocenters. The zero-order valence-electron chi connectivity index (χ0n) is 9.28. The van der Waals surface area contributed by atoms with Gasteiger partial charge >= 0.3 is 0 Å². The molecule has 2 rings (SSSR count). The van der Waals surface area contributed by atoms with Gasteiger partial charge in [-0.25, -0.2) is 0 Å². The second-order valence-electron chi connectivity index (χ2n) is 3.91. The van der Waals surface area contributed by atoms with Gasteiger partial charge in [-0.15, -0.1) is 0 Å². The maximum Gasteiger partial charge on any atom is 0.124 e. The fourth-order valence-corrected chi connectivity index (χ4v) is 3.09. The summed E-state index contributed by atoms with van der Waals surface area (Å²) in [4.78, 5) is 2.09. The Morgan fingerprint density at radius 1 is 1.41 bits per heavy atom. The summed E-state index contributed by atoms with van der Waals surface area (Å²) in [5.41, 5.74) is 7.10. The number of nitrogen functional groups attached to an aromatic ring is 1. The molecule has 1 aromatic rings. The summed E-state index contributed by atoms with van der Waals surface area (Å²) in [6.45, 7) is 1.43. The molecule has 0 amide bonds. The van der Waals surface area contributed by atoms with E-state index in [2.05, 4.69) is 4.90 Å². The van der Waals surface area contributed by atoms with Crippen LogP contribution >= 0.6 is 11.6 Å². The molecule has 1 aliphatic heterocycles. The van der Waals surface area contributed by atoms with E-state index in [1.54, 1.807) is 12.1 Å². The van der Waals surface area contributed by atoms with Gasteiger partial charge in [-0.05, 0) is 18.2 Å². The second kappa shape index (κ2) is 5.06. The molecule has 0 radical (unpaired) electrons. The number of nitrogens with one attached hydrogen (secondary N) is 1. The van der Waals surface area contributed by atoms with Crippen LogP contribution < -0.4 is 10.6 Å². The molecule has 92 valence electrons. The van der Waals surface area contributed by atoms with Crippen LogP contribution in [0, 0.1) is 5.41 Å². The fourth-order valence-electron chi connectivity index (χ4n) is 1.87. The van der Waals surface area contributed by atoms with Gasteiger partial charge in [0.2, 0.25) is 0 Å². The molecule has 1 fully saturated rings. The topological polar surface area (TPSA) is 70.2 Å². The van der Waals surface area contributed by atoms with Crippen molar-refractivity contribution < 1.29 is 4.21 Å². The van der Waals surface area contributed by atoms with Gasteiger partial charge < -0.3 is 10.6 Å². The quantitative estimate of drug-likeness (QED) is 0.627. The number of anilines is 1. The van der Waals surface area contributed by atoms with Gasteiger partial charge in [0.1, 0.15) is 5.84 Å². The number of benzene rings is 1. The summed E-state index contributed by atoms with van der Waals surface area (Å²) >= 11 is 5.97. The molecule has 1 heterocycles. The van der Waals surface area contributed by atoms with Crippen molar-refractivity contribution in [1.29, 1.82) is 5.41 Å². The van der Waals surface area contributed by atoms with Gasteiger partial charge in [-0.2, -0.15) is 0 Å². The first-order chi connectivity index (χ1) is 8.08. The monoisotopic (exact) mass is 271 g/mol. The predicted octanol–water partition coefficient (Wildman–Crippen LogP) is 1.19. The smallest absolute Gasteiger partial charge is 0.124 e. The van der Waals surface area contributed by atoms with Crippen LogP contribution in [0.25, 0.3) is 0 Å². The van der Waals surface area contributed by atoms with Crippen molar-refractivity contribution in [1.82, 2.24) is 0 Å². The van der Waals surface area contributed by atoms with Crippen LogP contribution in [0.1, 0.15) is 5.56 Å². The van der Waals surface area contributed by atoms with E-state index in [-0.39, 0.29) is 5.84 Å². The minimum atomic E-state index is -0.717. The first kappa shape index (κ1) is 12.4. The Kier molecular flexibility index (Phi) is 3.69. The SMILES string of the molecule is N=C(N)c1ccc(Cl)cc1N1CCS(=O)CC1. The lowest BCUT2D eigenvalue weighted by molar-refractivity contribution is 0.673. The van der Waals surface area contributed by atoms with Crippen LogP contribution in [-0.2, 0) is 10.8 Å². The van der Waals surface area contributed by atoms with Crippen LogP contribution in [0.3, 0.4) is 0 Å². The first-order valence-corrected chi connectivity index (χ1v) is 7.18. The zero-order chi connectivity index (χ0) is 12.4. The summed E-state index contributed by atoms with van der Waals surface area (Å²) in [6.07, 6.45) is 0. The Hall–Kier alpha value is -1.07. The number of hydrogen-bond acceptors (Lipinski definition) is 3. The molecule has 1 aromatic carbocycles. The lowest BCUT2D eigenvalue weighted by Crippen LogP contribution is -2.38. The number of halogens is 1. The molecule has 0 bridgehead atoms. The Morgan fingerprint density at radius 2 is 2.06 bits per heavy atom. The number of nitrogens with two attached hydrogens (primary N) is 1. The molecule has 0 saturated carbocycles. The molecule has 0 spiro atoms. The van der Waals surface area contributed by atoms with Crippen molar-refractivity contribution in [2.75, 3.05) is 29.5 Å². The van der Waals surface area contributed by atoms with E-state index in [4.69, 9.17) is 22.7 Å². The van der Waals surface area contributed by atoms with E-state index in [0.29, 0.717) is 35.2 Å². The zero-order valence-corrected chi connectivity index (χ0v) is 10.9. The Morgan fingerprint density at radius 3 is 2.65 bits per heavy atom. The van der Waals surface area contributed by atoms with E-state index in [9.17, 15) is 4.21 Å². The minimum Gasteiger partial charge on any atom is -0.384 e. The Bertz CT molecular complexity index is 468. The van der Waals surface area contributed by atoms with Gasteiger partial charge in [0.05, 0.1) is 0 Å². The fraction of sp³-hybridized carbons (Fsp3) is 0.364. The number of amidine groups is 1. The number of nitrogens with zero attached hydrogens (tertiary/aromatic N) is 1. The summed E-state index contributed by atoms with van der Waals surface area (Å²) in [7, 11) is -0.717. The first-order valence-electron chi connectivity index (χ1n) is 5.32. The maximum atomic E-state index is 11.3. The Balaban J connectivity index is 2.33. The van der Waals surface area contributed by atoms with E-state index >= 15 is 0 Å². The van der Waals surface area contributed by atoms with Gasteiger partial charge in [-0.3, -0.25) is 9.62 Å². The normalized spacial score (nSPS) is 17.1. The molecule has 6 heteroatoms. The van der Waals surface area contributed by atoms with E-state index in [1.807, 2.05) is 6.07 Å². The van der Waals surface area contributed by atoms with Crippen molar-refractivity contribution in [2.45, 2.75) is 0 Å². The van der Waals surface area contributed by atoms with Crippen LogP contribution in [0.2, 0.25) is 5.02 Å². The highest BCUT2D eigenvalue weighted by atomic mass is 35.5. The third-order valence-electron chi connectivity index (χ3n) is 2.77. The highest BCUT2D eigenvalue weighted by molar-refractivity contribution is 7.85. The third-order valence-corrected chi connectivity index (χ3v) is 4.28. The minimum absolute atomic E-state index is 0.0309. The van der Waals surface area contributed by atoms with E-state index in [1.165, 1.54) is 0 Å². The molecular formula is C11H14ClN3OS. The van der Waals surface area contributed by atoms with Gasteiger partial charge in [0, 0.05) is 51.7 Å². The third kappa shape index (κ3) is 2.79. The van der Waals surface area contributed by atoms with Crippen LogP contribution in [-0.4, -0.2) is 34.6 Å². The lowest BCUT2D eigenvalue weighted by atomic mass is 10.1. The average molecular weight is 272 g/mol. The molecule has 1 aliphatic rings. The molecule has 3 N–H and O–H groups in total. The summed E-state index contributed by atoms with van der Waals surface area (Å²) in [6, 6.07) is 5.29. The van der Waals surface area contributed by atoms with Crippen LogP contribution in [0.15, 0.2) is 18.2 Å². The van der Waals surface area contributed by atoms with Crippen LogP contribution in [0.5, 0.6) is 0 Å². The lowest BCUT2D eigenvalue weighted by Gasteiger charge is -2.30. The summed E-state index contributed by atoms with van der Waals surface area (Å²) < 4.78 is 11.3. The molecule has 1 saturated heterocycles. The van der Waals surface area contributed by atoms with Crippen molar-refractivity contribution in [2.24, 2.45) is 5.73 Å². The van der Waals surface area contributed by atoms with Crippen molar-refractivity contribution >= 4 is 33.9 Å². The summed E-state index contributed by atoms with van der Waals surface area (Å²) in [5.74, 6) is 1.34. The molecule has 17 heavy (non-hydrogen) atoms. The predicted molar refractivity (Wildman–Crippen MR) is 72.6 cm³/mol. The van der Waals surface area contributed by atoms with Crippen molar-refractivity contribution in [3.05, 3.63) is 28.8 Å². The second-order valence-corrected chi connectivity index (χ2v) is 6.04. The molecule has 0 aliphatic carbocycles. The van der Waals surface area contributed by atoms with Crippen molar-refractivity contribution in [3.63, 3.8) is 0 Å². The molecule has 4 nitrogen and oxygen atoms in total. The van der Waals surface area contributed by atoms with Gasteiger partial charge in [0.25, 0.3) is 0 Å².